The van der Waals surface area contributed by atoms with Crippen molar-refractivity contribution in [2.75, 3.05) is 18.5 Å². The summed E-state index contributed by atoms with van der Waals surface area (Å²) < 4.78 is 32.1. The minimum atomic E-state index is -3.93. The van der Waals surface area contributed by atoms with Gasteiger partial charge in [0.15, 0.2) is 5.13 Å². The first-order valence-corrected chi connectivity index (χ1v) is 11.2. The van der Waals surface area contributed by atoms with Gasteiger partial charge in [-0.05, 0) is 50.2 Å². The van der Waals surface area contributed by atoms with Crippen LogP contribution in [0.2, 0.25) is 0 Å². The number of rotatable bonds is 5. The van der Waals surface area contributed by atoms with Crippen molar-refractivity contribution in [1.29, 1.82) is 0 Å². The molecule has 1 N–H and O–H groups in total. The third kappa shape index (κ3) is 3.23. The van der Waals surface area contributed by atoms with Crippen LogP contribution in [0.4, 0.5) is 5.13 Å². The molecule has 0 radical (unpaired) electrons. The lowest BCUT2D eigenvalue weighted by Gasteiger charge is -2.11. The highest BCUT2D eigenvalue weighted by Crippen LogP contribution is 2.32. The lowest BCUT2D eigenvalue weighted by atomic mass is 10.1. The molecule has 0 unspecified atom stereocenters. The van der Waals surface area contributed by atoms with Gasteiger partial charge in [-0.15, -0.1) is 0 Å². The zero-order valence-corrected chi connectivity index (χ0v) is 17.3. The van der Waals surface area contributed by atoms with Crippen molar-refractivity contribution in [3.05, 3.63) is 47.5 Å². The van der Waals surface area contributed by atoms with Gasteiger partial charge in [-0.2, -0.15) is 0 Å². The van der Waals surface area contributed by atoms with E-state index in [-0.39, 0.29) is 22.6 Å². The molecule has 1 aliphatic heterocycles. The van der Waals surface area contributed by atoms with Crippen molar-refractivity contribution in [3.8, 4) is 5.75 Å². The van der Waals surface area contributed by atoms with Crippen molar-refractivity contribution >= 4 is 48.5 Å². The van der Waals surface area contributed by atoms with Gasteiger partial charge in [0.25, 0.3) is 21.8 Å². The van der Waals surface area contributed by atoms with Gasteiger partial charge in [-0.1, -0.05) is 11.3 Å². The van der Waals surface area contributed by atoms with Crippen LogP contribution in [0.5, 0.6) is 5.75 Å². The predicted molar refractivity (Wildman–Crippen MR) is 109 cm³/mol. The molecule has 1 aliphatic rings. The van der Waals surface area contributed by atoms with Crippen LogP contribution in [0.15, 0.2) is 41.3 Å². The van der Waals surface area contributed by atoms with Crippen LogP contribution in [0, 0.1) is 0 Å². The Balaban J connectivity index is 1.62. The Morgan fingerprint density at radius 1 is 1.21 bits per heavy atom. The number of thiazole rings is 1. The van der Waals surface area contributed by atoms with Gasteiger partial charge in [0.2, 0.25) is 0 Å². The van der Waals surface area contributed by atoms with E-state index in [1.165, 1.54) is 29.5 Å². The zero-order chi connectivity index (χ0) is 20.8. The number of benzene rings is 2. The fourth-order valence-electron chi connectivity index (χ4n) is 3.11. The normalized spacial score (nSPS) is 14.8. The molecule has 8 nitrogen and oxygen atoms in total. The SMILES string of the molecule is CCOc1ccc2nc(NC(=O)c3ccc4c(c3)S(=O)(=O)N(CC)C4=O)sc2c1. The fourth-order valence-corrected chi connectivity index (χ4v) is 5.61. The molecule has 0 spiro atoms. The van der Waals surface area contributed by atoms with Crippen molar-refractivity contribution in [2.24, 2.45) is 0 Å². The lowest BCUT2D eigenvalue weighted by Crippen LogP contribution is -2.29. The van der Waals surface area contributed by atoms with E-state index >= 15 is 0 Å². The molecule has 0 saturated heterocycles. The van der Waals surface area contributed by atoms with E-state index in [1.54, 1.807) is 19.1 Å². The number of fused-ring (bicyclic) bond motifs is 2. The molecule has 2 aromatic carbocycles. The van der Waals surface area contributed by atoms with Crippen LogP contribution >= 0.6 is 11.3 Å². The first kappa shape index (κ1) is 19.3. The van der Waals surface area contributed by atoms with Crippen LogP contribution in [0.25, 0.3) is 10.2 Å². The van der Waals surface area contributed by atoms with E-state index in [2.05, 4.69) is 10.3 Å². The summed E-state index contributed by atoms with van der Waals surface area (Å²) in [6, 6.07) is 9.49. The third-order valence-corrected chi connectivity index (χ3v) is 7.28. The summed E-state index contributed by atoms with van der Waals surface area (Å²) in [6.07, 6.45) is 0. The van der Waals surface area contributed by atoms with Gasteiger partial charge >= 0.3 is 0 Å². The Hall–Kier alpha value is -2.98. The molecule has 150 valence electrons. The second-order valence-corrected chi connectivity index (χ2v) is 9.08. The van der Waals surface area contributed by atoms with Gasteiger partial charge in [0.1, 0.15) is 10.6 Å². The monoisotopic (exact) mass is 431 g/mol. The average molecular weight is 431 g/mol. The standard InChI is InChI=1S/C19H17N3O5S2/c1-3-22-18(24)13-7-5-11(9-16(13)29(22,25)26)17(23)21-19-20-14-8-6-12(27-4-2)10-15(14)28-19/h5-10H,3-4H2,1-2H3,(H,20,21,23). The molecule has 29 heavy (non-hydrogen) atoms. The summed E-state index contributed by atoms with van der Waals surface area (Å²) >= 11 is 1.29. The lowest BCUT2D eigenvalue weighted by molar-refractivity contribution is 0.0875. The van der Waals surface area contributed by atoms with Crippen LogP contribution in [-0.2, 0) is 10.0 Å². The van der Waals surface area contributed by atoms with Crippen molar-refractivity contribution in [2.45, 2.75) is 18.7 Å². The Bertz CT molecular complexity index is 1250. The van der Waals surface area contributed by atoms with Gasteiger partial charge in [-0.25, -0.2) is 17.7 Å². The van der Waals surface area contributed by atoms with E-state index in [4.69, 9.17) is 4.74 Å². The highest BCUT2D eigenvalue weighted by Gasteiger charge is 2.40. The number of amides is 2. The molecule has 0 fully saturated rings. The van der Waals surface area contributed by atoms with Gasteiger partial charge in [0.05, 0.1) is 22.4 Å². The topological polar surface area (TPSA) is 106 Å². The highest BCUT2D eigenvalue weighted by molar-refractivity contribution is 7.90. The number of hydrogen-bond acceptors (Lipinski definition) is 7. The largest absolute Gasteiger partial charge is 0.494 e. The number of carbonyl (C=O) groups excluding carboxylic acids is 2. The predicted octanol–water partition coefficient (Wildman–Crippen LogP) is 3.11. The molecule has 2 heterocycles. The maximum Gasteiger partial charge on any atom is 0.268 e. The Morgan fingerprint density at radius 3 is 2.72 bits per heavy atom. The van der Waals surface area contributed by atoms with Crippen molar-refractivity contribution < 1.29 is 22.7 Å². The summed E-state index contributed by atoms with van der Waals surface area (Å²) in [4.78, 5) is 29.1. The van der Waals surface area contributed by atoms with Gasteiger partial charge < -0.3 is 4.74 Å². The fraction of sp³-hybridized carbons (Fsp3) is 0.211. The van der Waals surface area contributed by atoms with Crippen LogP contribution < -0.4 is 10.1 Å². The number of carbonyl (C=O) groups is 2. The molecule has 10 heteroatoms. The molecule has 1 aromatic heterocycles. The number of nitrogens with zero attached hydrogens (tertiary/aromatic N) is 2. The van der Waals surface area contributed by atoms with E-state index < -0.39 is 21.8 Å². The van der Waals surface area contributed by atoms with Gasteiger partial charge in [-0.3, -0.25) is 14.9 Å². The number of sulfonamides is 1. The summed E-state index contributed by atoms with van der Waals surface area (Å²) in [5, 5.41) is 3.07. The van der Waals surface area contributed by atoms with Crippen molar-refractivity contribution in [1.82, 2.24) is 9.29 Å². The molecule has 0 atom stereocenters. The van der Waals surface area contributed by atoms with E-state index in [1.807, 2.05) is 13.0 Å². The molecule has 0 aliphatic carbocycles. The molecule has 4 rings (SSSR count). The summed E-state index contributed by atoms with van der Waals surface area (Å²) in [5.74, 6) is -0.365. The number of aromatic nitrogens is 1. The molecule has 0 bridgehead atoms. The van der Waals surface area contributed by atoms with Crippen LogP contribution in [0.1, 0.15) is 34.6 Å². The molecular formula is C19H17N3O5S2. The summed E-state index contributed by atoms with van der Waals surface area (Å²) in [5.41, 5.74) is 0.925. The molecule has 3 aromatic rings. The number of ether oxygens (including phenoxy) is 1. The Morgan fingerprint density at radius 2 is 2.00 bits per heavy atom. The van der Waals surface area contributed by atoms with Crippen molar-refractivity contribution in [3.63, 3.8) is 0 Å². The minimum absolute atomic E-state index is 0.0345. The first-order chi connectivity index (χ1) is 13.8. The van der Waals surface area contributed by atoms with Crippen LogP contribution in [-0.4, -0.2) is 42.7 Å². The Kier molecular flexibility index (Phi) is 4.75. The smallest absolute Gasteiger partial charge is 0.268 e. The molecular weight excluding hydrogens is 414 g/mol. The molecule has 2 amide bonds. The van der Waals surface area contributed by atoms with E-state index in [0.29, 0.717) is 11.7 Å². The zero-order valence-electron chi connectivity index (χ0n) is 15.6. The summed E-state index contributed by atoms with van der Waals surface area (Å²) in [7, 11) is -3.93. The number of hydrogen-bond donors (Lipinski definition) is 1. The van der Waals surface area contributed by atoms with Crippen LogP contribution in [0.3, 0.4) is 0 Å². The quantitative estimate of drug-likeness (QED) is 0.665. The third-order valence-electron chi connectivity index (χ3n) is 4.45. The van der Waals surface area contributed by atoms with Gasteiger partial charge in [0, 0.05) is 12.1 Å². The minimum Gasteiger partial charge on any atom is -0.494 e. The van der Waals surface area contributed by atoms with E-state index in [9.17, 15) is 18.0 Å². The maximum atomic E-state index is 12.6. The number of nitrogens with one attached hydrogen (secondary N) is 1. The maximum absolute atomic E-state index is 12.6. The number of anilines is 1. The average Bonchev–Trinajstić information content (AvgIpc) is 3.17. The highest BCUT2D eigenvalue weighted by atomic mass is 32.2. The van der Waals surface area contributed by atoms with E-state index in [0.717, 1.165) is 20.3 Å². The first-order valence-electron chi connectivity index (χ1n) is 8.91. The second kappa shape index (κ2) is 7.12. The molecule has 0 saturated carbocycles. The summed E-state index contributed by atoms with van der Waals surface area (Å²) in [6.45, 7) is 4.06. The Labute approximate surface area is 171 Å². The second-order valence-electron chi connectivity index (χ2n) is 6.22.